The summed E-state index contributed by atoms with van der Waals surface area (Å²) in [6.07, 6.45) is 1.57. The summed E-state index contributed by atoms with van der Waals surface area (Å²) in [5.41, 5.74) is 2.38. The van der Waals surface area contributed by atoms with Crippen molar-refractivity contribution in [3.05, 3.63) is 28.8 Å². The van der Waals surface area contributed by atoms with Crippen LogP contribution in [0.4, 0.5) is 0 Å². The normalized spacial score (nSPS) is 21.5. The second kappa shape index (κ2) is 5.21. The van der Waals surface area contributed by atoms with E-state index < -0.39 is 0 Å². The summed E-state index contributed by atoms with van der Waals surface area (Å²) in [7, 11) is 1.37. The molecular weight excluding hydrogens is 244 g/mol. The minimum absolute atomic E-state index is 0.0955. The van der Waals surface area contributed by atoms with E-state index in [1.165, 1.54) is 7.11 Å². The van der Waals surface area contributed by atoms with Crippen LogP contribution in [0.5, 0.6) is 5.75 Å². The van der Waals surface area contributed by atoms with Crippen LogP contribution in [0.15, 0.2) is 12.1 Å². The zero-order valence-corrected chi connectivity index (χ0v) is 11.7. The van der Waals surface area contributed by atoms with Gasteiger partial charge in [0.25, 0.3) is 0 Å². The highest BCUT2D eigenvalue weighted by Crippen LogP contribution is 2.42. The largest absolute Gasteiger partial charge is 0.493 e. The van der Waals surface area contributed by atoms with Gasteiger partial charge in [-0.15, -0.1) is 0 Å². The lowest BCUT2D eigenvalue weighted by Crippen LogP contribution is -2.31. The molecule has 104 valence electrons. The first-order valence-electron chi connectivity index (χ1n) is 6.49. The van der Waals surface area contributed by atoms with Crippen LogP contribution in [0.25, 0.3) is 0 Å². The Morgan fingerprint density at radius 2 is 2.26 bits per heavy atom. The van der Waals surface area contributed by atoms with Crippen molar-refractivity contribution in [1.82, 2.24) is 0 Å². The van der Waals surface area contributed by atoms with Gasteiger partial charge in [0, 0.05) is 17.6 Å². The molecule has 0 aliphatic carbocycles. The number of aliphatic hydroxyl groups is 1. The van der Waals surface area contributed by atoms with Gasteiger partial charge in [-0.3, -0.25) is 0 Å². The monoisotopic (exact) mass is 264 g/mol. The van der Waals surface area contributed by atoms with Crippen LogP contribution >= 0.6 is 0 Å². The third-order valence-corrected chi connectivity index (χ3v) is 3.96. The number of rotatable bonds is 3. The lowest BCUT2D eigenvalue weighted by atomic mass is 9.74. The maximum atomic E-state index is 11.7. The third-order valence-electron chi connectivity index (χ3n) is 3.96. The molecular formula is C15H20O4. The molecule has 0 fully saturated rings. The molecule has 0 saturated heterocycles. The van der Waals surface area contributed by atoms with E-state index in [2.05, 4.69) is 6.92 Å². The van der Waals surface area contributed by atoms with Gasteiger partial charge in [-0.25, -0.2) is 4.79 Å². The molecule has 0 amide bonds. The van der Waals surface area contributed by atoms with Crippen LogP contribution in [0.1, 0.15) is 41.3 Å². The number of carbonyl (C=O) groups is 1. The minimum Gasteiger partial charge on any atom is -0.493 e. The molecule has 1 heterocycles. The smallest absolute Gasteiger partial charge is 0.338 e. The Balaban J connectivity index is 2.50. The summed E-state index contributed by atoms with van der Waals surface area (Å²) in [5.74, 6) is 0.381. The zero-order chi connectivity index (χ0) is 14.0. The van der Waals surface area contributed by atoms with Crippen LogP contribution in [0, 0.1) is 6.92 Å². The molecule has 0 spiro atoms. The number of ether oxygens (including phenoxy) is 2. The summed E-state index contributed by atoms with van der Waals surface area (Å²) in [6, 6.07) is 3.74. The van der Waals surface area contributed by atoms with Crippen molar-refractivity contribution < 1.29 is 19.4 Å². The van der Waals surface area contributed by atoms with E-state index in [0.717, 1.165) is 23.3 Å². The molecule has 1 aliphatic rings. The highest BCUT2D eigenvalue weighted by atomic mass is 16.5. The number of hydrogen-bond acceptors (Lipinski definition) is 4. The SMILES string of the molecule is COC(=O)c1cc2c(cc1C)C(C)(CCO)CCO2. The predicted octanol–water partition coefficient (Wildman–Crippen LogP) is 2.20. The summed E-state index contributed by atoms with van der Waals surface area (Å²) < 4.78 is 10.4. The van der Waals surface area contributed by atoms with Gasteiger partial charge >= 0.3 is 5.97 Å². The molecule has 1 atom stereocenters. The molecule has 0 radical (unpaired) electrons. The Hall–Kier alpha value is -1.55. The number of methoxy groups -OCH3 is 1. The highest BCUT2D eigenvalue weighted by molar-refractivity contribution is 5.91. The molecule has 1 N–H and O–H groups in total. The Bertz CT molecular complexity index is 495. The van der Waals surface area contributed by atoms with E-state index in [9.17, 15) is 9.90 Å². The summed E-state index contributed by atoms with van der Waals surface area (Å²) in [5, 5.41) is 9.24. The highest BCUT2D eigenvalue weighted by Gasteiger charge is 2.34. The van der Waals surface area contributed by atoms with Crippen molar-refractivity contribution in [1.29, 1.82) is 0 Å². The fourth-order valence-electron chi connectivity index (χ4n) is 2.64. The van der Waals surface area contributed by atoms with Crippen molar-refractivity contribution in [3.63, 3.8) is 0 Å². The first-order valence-corrected chi connectivity index (χ1v) is 6.49. The topological polar surface area (TPSA) is 55.8 Å². The maximum absolute atomic E-state index is 11.7. The summed E-state index contributed by atoms with van der Waals surface area (Å²) in [4.78, 5) is 11.7. The van der Waals surface area contributed by atoms with Crippen LogP contribution in [0.2, 0.25) is 0 Å². The Labute approximate surface area is 113 Å². The van der Waals surface area contributed by atoms with E-state index >= 15 is 0 Å². The standard InChI is InChI=1S/C15H20O4/c1-10-8-12-13(9-11(10)14(17)18-3)19-7-5-15(12,2)4-6-16/h8-9,16H,4-7H2,1-3H3. The quantitative estimate of drug-likeness (QED) is 0.850. The number of fused-ring (bicyclic) bond motifs is 1. The Kier molecular flexibility index (Phi) is 3.80. The van der Waals surface area contributed by atoms with E-state index in [1.807, 2.05) is 13.0 Å². The zero-order valence-electron chi connectivity index (χ0n) is 11.7. The lowest BCUT2D eigenvalue weighted by Gasteiger charge is -2.36. The second-order valence-electron chi connectivity index (χ2n) is 5.29. The average Bonchev–Trinajstić information content (AvgIpc) is 2.39. The van der Waals surface area contributed by atoms with Crippen LogP contribution in [-0.2, 0) is 10.2 Å². The van der Waals surface area contributed by atoms with Crippen LogP contribution in [-0.4, -0.2) is 31.4 Å². The number of esters is 1. The van der Waals surface area contributed by atoms with Crippen molar-refractivity contribution in [2.45, 2.75) is 32.1 Å². The molecule has 1 aliphatic heterocycles. The molecule has 4 heteroatoms. The Morgan fingerprint density at radius 3 is 2.89 bits per heavy atom. The number of aliphatic hydroxyl groups excluding tert-OH is 1. The molecule has 2 rings (SSSR count). The van der Waals surface area contributed by atoms with Gasteiger partial charge in [-0.05, 0) is 31.4 Å². The third kappa shape index (κ3) is 2.45. The van der Waals surface area contributed by atoms with Crippen LogP contribution in [0.3, 0.4) is 0 Å². The Morgan fingerprint density at radius 1 is 1.53 bits per heavy atom. The summed E-state index contributed by atoms with van der Waals surface area (Å²) >= 11 is 0. The lowest BCUT2D eigenvalue weighted by molar-refractivity contribution is 0.0598. The van der Waals surface area contributed by atoms with Crippen LogP contribution < -0.4 is 4.74 Å². The predicted molar refractivity (Wildman–Crippen MR) is 71.7 cm³/mol. The van der Waals surface area contributed by atoms with Gasteiger partial charge in [0.15, 0.2) is 0 Å². The van der Waals surface area contributed by atoms with Gasteiger partial charge < -0.3 is 14.6 Å². The van der Waals surface area contributed by atoms with E-state index in [-0.39, 0.29) is 18.0 Å². The minimum atomic E-state index is -0.349. The molecule has 19 heavy (non-hydrogen) atoms. The second-order valence-corrected chi connectivity index (χ2v) is 5.29. The van der Waals surface area contributed by atoms with Gasteiger partial charge in [-0.2, -0.15) is 0 Å². The average molecular weight is 264 g/mol. The fourth-order valence-corrected chi connectivity index (χ4v) is 2.64. The fraction of sp³-hybridized carbons (Fsp3) is 0.533. The van der Waals surface area contributed by atoms with Gasteiger partial charge in [0.1, 0.15) is 5.75 Å². The van der Waals surface area contributed by atoms with Crippen molar-refractivity contribution in [2.24, 2.45) is 0 Å². The number of benzene rings is 1. The molecule has 1 aromatic carbocycles. The van der Waals surface area contributed by atoms with Crippen molar-refractivity contribution in [2.75, 3.05) is 20.3 Å². The van der Waals surface area contributed by atoms with E-state index in [4.69, 9.17) is 9.47 Å². The molecule has 0 bridgehead atoms. The molecule has 0 saturated carbocycles. The number of aryl methyl sites for hydroxylation is 1. The molecule has 4 nitrogen and oxygen atoms in total. The molecule has 1 aromatic rings. The van der Waals surface area contributed by atoms with E-state index in [0.29, 0.717) is 18.6 Å². The van der Waals surface area contributed by atoms with Crippen molar-refractivity contribution in [3.8, 4) is 5.75 Å². The van der Waals surface area contributed by atoms with Gasteiger partial charge in [0.05, 0.1) is 19.3 Å². The van der Waals surface area contributed by atoms with Crippen molar-refractivity contribution >= 4 is 5.97 Å². The number of carbonyl (C=O) groups excluding carboxylic acids is 1. The maximum Gasteiger partial charge on any atom is 0.338 e. The van der Waals surface area contributed by atoms with Gasteiger partial charge in [-0.1, -0.05) is 13.0 Å². The number of hydrogen-bond donors (Lipinski definition) is 1. The first-order chi connectivity index (χ1) is 9.01. The molecule has 1 unspecified atom stereocenters. The first kappa shape index (κ1) is 13.9. The summed E-state index contributed by atoms with van der Waals surface area (Å²) in [6.45, 7) is 4.77. The van der Waals surface area contributed by atoms with Gasteiger partial charge in [0.2, 0.25) is 0 Å². The van der Waals surface area contributed by atoms with E-state index in [1.54, 1.807) is 6.07 Å². The molecule has 0 aromatic heterocycles.